The summed E-state index contributed by atoms with van der Waals surface area (Å²) in [6.07, 6.45) is 1.81. The Morgan fingerprint density at radius 2 is 1.65 bits per heavy atom. The highest BCUT2D eigenvalue weighted by molar-refractivity contribution is 7.80. The molecule has 2 aromatic heterocycles. The third-order valence-electron chi connectivity index (χ3n) is 7.79. The predicted molar refractivity (Wildman–Crippen MR) is 175 cm³/mol. The first kappa shape index (κ1) is 28.2. The molecule has 0 aliphatic carbocycles. The van der Waals surface area contributed by atoms with Crippen molar-refractivity contribution < 1.29 is 9.53 Å². The lowest BCUT2D eigenvalue weighted by Gasteiger charge is -2.28. The van der Waals surface area contributed by atoms with E-state index in [1.54, 1.807) is 0 Å². The van der Waals surface area contributed by atoms with Crippen LogP contribution >= 0.6 is 12.2 Å². The SMILES string of the molecule is Cc1ccccc1-n1c(C)cc(C2C(c3ccccn3)NC(=S)N2c2ccc(NC(=O)COc3ccccc3)cc2)c1C. The first-order chi connectivity index (χ1) is 20.9. The number of carbonyl (C=O) groups excluding carboxylic acids is 1. The van der Waals surface area contributed by atoms with Gasteiger partial charge in [-0.25, -0.2) is 0 Å². The molecule has 3 heterocycles. The van der Waals surface area contributed by atoms with E-state index in [-0.39, 0.29) is 24.6 Å². The molecule has 1 fully saturated rings. The number of amides is 1. The van der Waals surface area contributed by atoms with Gasteiger partial charge >= 0.3 is 0 Å². The lowest BCUT2D eigenvalue weighted by molar-refractivity contribution is -0.118. The van der Waals surface area contributed by atoms with Crippen LogP contribution in [0.2, 0.25) is 0 Å². The Balaban J connectivity index is 1.31. The maximum Gasteiger partial charge on any atom is 0.262 e. The quantitative estimate of drug-likeness (QED) is 0.191. The molecule has 0 bridgehead atoms. The summed E-state index contributed by atoms with van der Waals surface area (Å²) in [7, 11) is 0. The van der Waals surface area contributed by atoms with Gasteiger partial charge in [0.05, 0.1) is 17.8 Å². The van der Waals surface area contributed by atoms with Crippen molar-refractivity contribution in [3.05, 3.63) is 138 Å². The number of benzene rings is 3. The highest BCUT2D eigenvalue weighted by Crippen LogP contribution is 2.44. The predicted octanol–water partition coefficient (Wildman–Crippen LogP) is 6.99. The molecular formula is C35H33N5O2S. The zero-order valence-electron chi connectivity index (χ0n) is 24.3. The highest BCUT2D eigenvalue weighted by Gasteiger charge is 2.42. The fourth-order valence-electron chi connectivity index (χ4n) is 5.79. The number of thiocarbonyl (C=S) groups is 1. The number of pyridine rings is 1. The second-order valence-corrected chi connectivity index (χ2v) is 11.0. The number of aryl methyl sites for hydroxylation is 2. The summed E-state index contributed by atoms with van der Waals surface area (Å²) in [6, 6.07) is 33.4. The zero-order valence-corrected chi connectivity index (χ0v) is 25.1. The molecular weight excluding hydrogens is 554 g/mol. The van der Waals surface area contributed by atoms with Gasteiger partial charge in [0.25, 0.3) is 5.91 Å². The van der Waals surface area contributed by atoms with Crippen LogP contribution in [0.5, 0.6) is 5.75 Å². The summed E-state index contributed by atoms with van der Waals surface area (Å²) in [5.74, 6) is 0.421. The van der Waals surface area contributed by atoms with Gasteiger partial charge < -0.3 is 24.8 Å². The number of nitrogens with one attached hydrogen (secondary N) is 2. The van der Waals surface area contributed by atoms with E-state index < -0.39 is 0 Å². The van der Waals surface area contributed by atoms with Gasteiger partial charge in [-0.1, -0.05) is 42.5 Å². The molecule has 2 atom stereocenters. The second-order valence-electron chi connectivity index (χ2n) is 10.6. The fourth-order valence-corrected chi connectivity index (χ4v) is 6.14. The smallest absolute Gasteiger partial charge is 0.262 e. The van der Waals surface area contributed by atoms with E-state index in [0.29, 0.717) is 16.5 Å². The molecule has 0 saturated carbocycles. The number of hydrogen-bond acceptors (Lipinski definition) is 4. The standard InChI is InChI=1S/C35H33N5O2S/c1-23-11-7-8-15-31(23)39-24(2)21-29(25(39)3)34-33(30-14-9-10-20-36-30)38-35(43)40(34)27-18-16-26(17-19-27)37-32(41)22-42-28-12-5-4-6-13-28/h4-21,33-34H,22H2,1-3H3,(H,37,41)(H,38,43). The Kier molecular flexibility index (Phi) is 7.94. The Morgan fingerprint density at radius 1 is 0.930 bits per heavy atom. The number of nitrogens with zero attached hydrogens (tertiary/aromatic N) is 3. The average Bonchev–Trinajstić information content (AvgIpc) is 3.52. The first-order valence-electron chi connectivity index (χ1n) is 14.2. The van der Waals surface area contributed by atoms with Crippen molar-refractivity contribution in [1.29, 1.82) is 0 Å². The number of anilines is 2. The molecule has 2 unspecified atom stereocenters. The Hall–Kier alpha value is -4.95. The number of hydrogen-bond donors (Lipinski definition) is 2. The van der Waals surface area contributed by atoms with Crippen LogP contribution in [-0.2, 0) is 4.79 Å². The summed E-state index contributed by atoms with van der Waals surface area (Å²) < 4.78 is 7.90. The number of carbonyl (C=O) groups is 1. The lowest BCUT2D eigenvalue weighted by atomic mass is 9.96. The summed E-state index contributed by atoms with van der Waals surface area (Å²) in [4.78, 5) is 19.4. The van der Waals surface area contributed by atoms with Gasteiger partial charge in [-0.3, -0.25) is 9.78 Å². The van der Waals surface area contributed by atoms with Gasteiger partial charge in [0.2, 0.25) is 0 Å². The highest BCUT2D eigenvalue weighted by atomic mass is 32.1. The normalized spacial score (nSPS) is 16.2. The van der Waals surface area contributed by atoms with E-state index in [1.165, 1.54) is 11.1 Å². The molecule has 1 aliphatic rings. The van der Waals surface area contributed by atoms with Gasteiger partial charge in [-0.2, -0.15) is 0 Å². The molecule has 3 aromatic carbocycles. The monoisotopic (exact) mass is 587 g/mol. The van der Waals surface area contributed by atoms with Crippen LogP contribution in [0.1, 0.15) is 40.3 Å². The largest absolute Gasteiger partial charge is 0.484 e. The number of ether oxygens (including phenoxy) is 1. The van der Waals surface area contributed by atoms with Crippen molar-refractivity contribution in [2.75, 3.05) is 16.8 Å². The van der Waals surface area contributed by atoms with Crippen molar-refractivity contribution in [3.8, 4) is 11.4 Å². The maximum atomic E-state index is 12.5. The molecule has 7 nitrogen and oxygen atoms in total. The molecule has 0 spiro atoms. The van der Waals surface area contributed by atoms with Crippen molar-refractivity contribution >= 4 is 34.6 Å². The van der Waals surface area contributed by atoms with E-state index >= 15 is 0 Å². The number of aromatic nitrogens is 2. The topological polar surface area (TPSA) is 71.4 Å². The van der Waals surface area contributed by atoms with Crippen molar-refractivity contribution in [3.63, 3.8) is 0 Å². The minimum atomic E-state index is -0.230. The van der Waals surface area contributed by atoms with E-state index in [9.17, 15) is 4.79 Å². The molecule has 8 heteroatoms. The Morgan fingerprint density at radius 3 is 2.37 bits per heavy atom. The van der Waals surface area contributed by atoms with Crippen LogP contribution in [-0.4, -0.2) is 27.2 Å². The Labute approximate surface area is 257 Å². The van der Waals surface area contributed by atoms with E-state index in [4.69, 9.17) is 21.9 Å². The Bertz CT molecular complexity index is 1750. The number of rotatable bonds is 8. The third kappa shape index (κ3) is 5.74. The fraction of sp³-hybridized carbons (Fsp3) is 0.171. The average molecular weight is 588 g/mol. The molecule has 1 amide bonds. The van der Waals surface area contributed by atoms with Crippen LogP contribution in [0.3, 0.4) is 0 Å². The molecule has 1 aliphatic heterocycles. The van der Waals surface area contributed by atoms with Gasteiger partial charge in [-0.05, 0) is 105 Å². The van der Waals surface area contributed by atoms with Gasteiger partial charge in [-0.15, -0.1) is 0 Å². The molecule has 6 rings (SSSR count). The van der Waals surface area contributed by atoms with Gasteiger partial charge in [0.1, 0.15) is 5.75 Å². The third-order valence-corrected chi connectivity index (χ3v) is 8.10. The van der Waals surface area contributed by atoms with Crippen molar-refractivity contribution in [1.82, 2.24) is 14.9 Å². The molecule has 1 saturated heterocycles. The molecule has 216 valence electrons. The summed E-state index contributed by atoms with van der Waals surface area (Å²) in [5.41, 5.74) is 8.35. The van der Waals surface area contributed by atoms with E-state index in [0.717, 1.165) is 28.5 Å². The summed E-state index contributed by atoms with van der Waals surface area (Å²) in [6.45, 7) is 6.37. The first-order valence-corrected chi connectivity index (χ1v) is 14.6. The van der Waals surface area contributed by atoms with Gasteiger partial charge in [0.15, 0.2) is 11.7 Å². The molecule has 43 heavy (non-hydrogen) atoms. The van der Waals surface area contributed by atoms with Crippen LogP contribution in [0.4, 0.5) is 11.4 Å². The summed E-state index contributed by atoms with van der Waals surface area (Å²) >= 11 is 5.95. The van der Waals surface area contributed by atoms with E-state index in [1.807, 2.05) is 79.0 Å². The second kappa shape index (κ2) is 12.1. The van der Waals surface area contributed by atoms with Crippen LogP contribution < -0.4 is 20.3 Å². The van der Waals surface area contributed by atoms with Crippen molar-refractivity contribution in [2.45, 2.75) is 32.9 Å². The van der Waals surface area contributed by atoms with Crippen LogP contribution in [0.25, 0.3) is 5.69 Å². The zero-order chi connectivity index (χ0) is 29.9. The lowest BCUT2D eigenvalue weighted by Crippen LogP contribution is -2.29. The van der Waals surface area contributed by atoms with Gasteiger partial charge in [0, 0.05) is 34.6 Å². The minimum absolute atomic E-state index is 0.0732. The van der Waals surface area contributed by atoms with Crippen LogP contribution in [0.15, 0.2) is 109 Å². The van der Waals surface area contributed by atoms with Crippen LogP contribution in [0, 0.1) is 20.8 Å². The molecule has 5 aromatic rings. The minimum Gasteiger partial charge on any atom is -0.484 e. The molecule has 0 radical (unpaired) electrons. The van der Waals surface area contributed by atoms with E-state index in [2.05, 4.69) is 71.2 Å². The molecule has 2 N–H and O–H groups in total. The van der Waals surface area contributed by atoms with Crippen molar-refractivity contribution in [2.24, 2.45) is 0 Å². The maximum absolute atomic E-state index is 12.5. The summed E-state index contributed by atoms with van der Waals surface area (Å²) in [5, 5.41) is 7.09. The number of para-hydroxylation sites is 2.